The van der Waals surface area contributed by atoms with Gasteiger partial charge >= 0.3 is 0 Å². The van der Waals surface area contributed by atoms with E-state index in [0.717, 1.165) is 17.1 Å². The number of imidazole rings is 1. The van der Waals surface area contributed by atoms with E-state index in [0.29, 0.717) is 18.5 Å². The SMILES string of the molecule is Cc1nccn1-c1ccc(CNC(=O)CCc2ccccc2F)cc1. The summed E-state index contributed by atoms with van der Waals surface area (Å²) in [6.07, 6.45) is 4.35. The van der Waals surface area contributed by atoms with Gasteiger partial charge in [-0.2, -0.15) is 0 Å². The Labute approximate surface area is 146 Å². The fourth-order valence-electron chi connectivity index (χ4n) is 2.66. The van der Waals surface area contributed by atoms with Crippen LogP contribution in [0.4, 0.5) is 4.39 Å². The first kappa shape index (κ1) is 16.9. The van der Waals surface area contributed by atoms with Gasteiger partial charge in [-0.25, -0.2) is 9.37 Å². The topological polar surface area (TPSA) is 46.9 Å². The van der Waals surface area contributed by atoms with Crippen molar-refractivity contribution >= 4 is 5.91 Å². The molecule has 0 radical (unpaired) electrons. The van der Waals surface area contributed by atoms with Gasteiger partial charge in [-0.05, 0) is 42.7 Å². The zero-order chi connectivity index (χ0) is 17.6. The van der Waals surface area contributed by atoms with E-state index in [-0.39, 0.29) is 18.1 Å². The molecule has 0 saturated heterocycles. The Morgan fingerprint density at radius 2 is 1.92 bits per heavy atom. The van der Waals surface area contributed by atoms with E-state index < -0.39 is 0 Å². The van der Waals surface area contributed by atoms with E-state index in [1.165, 1.54) is 6.07 Å². The minimum atomic E-state index is -0.263. The van der Waals surface area contributed by atoms with Crippen LogP contribution >= 0.6 is 0 Å². The average Bonchev–Trinajstić information content (AvgIpc) is 3.06. The first-order valence-corrected chi connectivity index (χ1v) is 8.23. The molecule has 5 heteroatoms. The molecule has 0 unspecified atom stereocenters. The molecule has 2 aromatic carbocycles. The summed E-state index contributed by atoms with van der Waals surface area (Å²) in [5.74, 6) is 0.577. The number of aryl methyl sites for hydroxylation is 2. The molecule has 0 saturated carbocycles. The molecule has 0 atom stereocenters. The maximum atomic E-state index is 13.5. The second-order valence-corrected chi connectivity index (χ2v) is 5.88. The van der Waals surface area contributed by atoms with Gasteiger partial charge in [-0.15, -0.1) is 0 Å². The van der Waals surface area contributed by atoms with E-state index in [9.17, 15) is 9.18 Å². The Bertz CT molecular complexity index is 855. The molecule has 0 bridgehead atoms. The second kappa shape index (κ2) is 7.75. The minimum absolute atomic E-state index is 0.0854. The maximum Gasteiger partial charge on any atom is 0.220 e. The molecular weight excluding hydrogens is 317 g/mol. The first-order chi connectivity index (χ1) is 12.1. The lowest BCUT2D eigenvalue weighted by Crippen LogP contribution is -2.23. The third-order valence-electron chi connectivity index (χ3n) is 4.11. The van der Waals surface area contributed by atoms with Crippen molar-refractivity contribution in [2.24, 2.45) is 0 Å². The number of nitrogens with one attached hydrogen (secondary N) is 1. The maximum absolute atomic E-state index is 13.5. The van der Waals surface area contributed by atoms with Crippen LogP contribution in [0, 0.1) is 12.7 Å². The van der Waals surface area contributed by atoms with Gasteiger partial charge in [0.15, 0.2) is 0 Å². The molecule has 0 aliphatic carbocycles. The summed E-state index contributed by atoms with van der Waals surface area (Å²) in [6.45, 7) is 2.41. The smallest absolute Gasteiger partial charge is 0.220 e. The average molecular weight is 337 g/mol. The van der Waals surface area contributed by atoms with Gasteiger partial charge < -0.3 is 9.88 Å². The van der Waals surface area contributed by atoms with E-state index in [1.807, 2.05) is 42.0 Å². The second-order valence-electron chi connectivity index (χ2n) is 5.88. The highest BCUT2D eigenvalue weighted by molar-refractivity contribution is 5.76. The quantitative estimate of drug-likeness (QED) is 0.747. The van der Waals surface area contributed by atoms with Gasteiger partial charge in [0.2, 0.25) is 5.91 Å². The van der Waals surface area contributed by atoms with Crippen molar-refractivity contribution < 1.29 is 9.18 Å². The van der Waals surface area contributed by atoms with E-state index in [1.54, 1.807) is 24.4 Å². The molecule has 0 spiro atoms. The molecule has 1 N–H and O–H groups in total. The Morgan fingerprint density at radius 1 is 1.16 bits per heavy atom. The van der Waals surface area contributed by atoms with Gasteiger partial charge in [-0.3, -0.25) is 4.79 Å². The van der Waals surface area contributed by atoms with Crippen molar-refractivity contribution in [3.63, 3.8) is 0 Å². The lowest BCUT2D eigenvalue weighted by molar-refractivity contribution is -0.121. The van der Waals surface area contributed by atoms with Crippen LogP contribution in [0.25, 0.3) is 5.69 Å². The highest BCUT2D eigenvalue weighted by Crippen LogP contribution is 2.12. The molecule has 1 heterocycles. The Kier molecular flexibility index (Phi) is 5.23. The van der Waals surface area contributed by atoms with Crippen LogP contribution in [0.3, 0.4) is 0 Å². The van der Waals surface area contributed by atoms with Crippen LogP contribution in [0.1, 0.15) is 23.4 Å². The molecule has 3 aromatic rings. The normalized spacial score (nSPS) is 10.6. The zero-order valence-corrected chi connectivity index (χ0v) is 14.1. The molecule has 1 aromatic heterocycles. The molecule has 25 heavy (non-hydrogen) atoms. The fourth-order valence-corrected chi connectivity index (χ4v) is 2.66. The first-order valence-electron chi connectivity index (χ1n) is 8.23. The predicted molar refractivity (Wildman–Crippen MR) is 94.9 cm³/mol. The Hall–Kier alpha value is -2.95. The summed E-state index contributed by atoms with van der Waals surface area (Å²) >= 11 is 0. The number of hydrogen-bond donors (Lipinski definition) is 1. The zero-order valence-electron chi connectivity index (χ0n) is 14.1. The molecule has 0 aliphatic rings. The number of amides is 1. The van der Waals surface area contributed by atoms with E-state index in [4.69, 9.17) is 0 Å². The van der Waals surface area contributed by atoms with Crippen molar-refractivity contribution in [1.82, 2.24) is 14.9 Å². The summed E-state index contributed by atoms with van der Waals surface area (Å²) in [6, 6.07) is 14.5. The van der Waals surface area contributed by atoms with Crippen LogP contribution in [-0.4, -0.2) is 15.5 Å². The lowest BCUT2D eigenvalue weighted by Gasteiger charge is -2.08. The van der Waals surface area contributed by atoms with Crippen LogP contribution < -0.4 is 5.32 Å². The minimum Gasteiger partial charge on any atom is -0.352 e. The van der Waals surface area contributed by atoms with Crippen LogP contribution in [0.2, 0.25) is 0 Å². The van der Waals surface area contributed by atoms with Crippen molar-refractivity contribution in [3.8, 4) is 5.69 Å². The van der Waals surface area contributed by atoms with Gasteiger partial charge in [0.05, 0.1) is 0 Å². The van der Waals surface area contributed by atoms with Crippen molar-refractivity contribution in [1.29, 1.82) is 0 Å². The predicted octanol–water partition coefficient (Wildman–Crippen LogP) is 3.57. The van der Waals surface area contributed by atoms with Crippen molar-refractivity contribution in [3.05, 3.63) is 83.7 Å². The summed E-state index contributed by atoms with van der Waals surface area (Å²) < 4.78 is 15.5. The Balaban J connectivity index is 1.51. The molecule has 3 rings (SSSR count). The number of benzene rings is 2. The van der Waals surface area contributed by atoms with Gasteiger partial charge in [0.1, 0.15) is 11.6 Å². The number of nitrogens with zero attached hydrogens (tertiary/aromatic N) is 2. The number of carbonyl (C=O) groups excluding carboxylic acids is 1. The van der Waals surface area contributed by atoms with Gasteiger partial charge in [0.25, 0.3) is 0 Å². The van der Waals surface area contributed by atoms with E-state index >= 15 is 0 Å². The van der Waals surface area contributed by atoms with Gasteiger partial charge in [0, 0.05) is 31.0 Å². The Morgan fingerprint density at radius 3 is 2.60 bits per heavy atom. The molecule has 0 aliphatic heterocycles. The third kappa shape index (κ3) is 4.32. The number of rotatable bonds is 6. The van der Waals surface area contributed by atoms with Crippen LogP contribution in [0.5, 0.6) is 0 Å². The number of aromatic nitrogens is 2. The number of halogens is 1. The molecule has 128 valence electrons. The number of carbonyl (C=O) groups is 1. The van der Waals surface area contributed by atoms with Gasteiger partial charge in [-0.1, -0.05) is 30.3 Å². The van der Waals surface area contributed by atoms with Crippen LogP contribution in [-0.2, 0) is 17.8 Å². The summed E-state index contributed by atoms with van der Waals surface area (Å²) in [5.41, 5.74) is 2.61. The molecule has 4 nitrogen and oxygen atoms in total. The standard InChI is InChI=1S/C20H20FN3O/c1-15-22-12-13-24(15)18-9-6-16(7-10-18)14-23-20(25)11-8-17-4-2-3-5-19(17)21/h2-7,9-10,12-13H,8,11,14H2,1H3,(H,23,25). The molecule has 1 amide bonds. The number of hydrogen-bond acceptors (Lipinski definition) is 2. The summed E-state index contributed by atoms with van der Waals surface area (Å²) in [4.78, 5) is 16.2. The highest BCUT2D eigenvalue weighted by atomic mass is 19.1. The lowest BCUT2D eigenvalue weighted by atomic mass is 10.1. The summed E-state index contributed by atoms with van der Waals surface area (Å²) in [7, 11) is 0. The van der Waals surface area contributed by atoms with E-state index in [2.05, 4.69) is 10.3 Å². The molecule has 0 fully saturated rings. The van der Waals surface area contributed by atoms with Crippen LogP contribution in [0.15, 0.2) is 60.9 Å². The van der Waals surface area contributed by atoms with Crippen molar-refractivity contribution in [2.45, 2.75) is 26.3 Å². The highest BCUT2D eigenvalue weighted by Gasteiger charge is 2.06. The van der Waals surface area contributed by atoms with Crippen molar-refractivity contribution in [2.75, 3.05) is 0 Å². The monoisotopic (exact) mass is 337 g/mol. The third-order valence-corrected chi connectivity index (χ3v) is 4.11. The molecular formula is C20H20FN3O. The summed E-state index contributed by atoms with van der Waals surface area (Å²) in [5, 5.41) is 2.87. The largest absolute Gasteiger partial charge is 0.352 e. The fraction of sp³-hybridized carbons (Fsp3) is 0.200.